The number of rotatable bonds is 4. The van der Waals surface area contributed by atoms with E-state index in [0.717, 1.165) is 18.6 Å². The molecule has 0 aromatic carbocycles. The molecule has 0 aromatic heterocycles. The van der Waals surface area contributed by atoms with E-state index in [0.29, 0.717) is 6.10 Å². The molecule has 0 saturated heterocycles. The summed E-state index contributed by atoms with van der Waals surface area (Å²) in [6.07, 6.45) is 2.59. The Bertz CT molecular complexity index is 47.8. The molecule has 1 unspecified atom stereocenters. The van der Waals surface area contributed by atoms with Crippen molar-refractivity contribution in [1.82, 2.24) is 0 Å². The number of hydrogen-bond acceptors (Lipinski definition) is 1. The van der Waals surface area contributed by atoms with Crippen LogP contribution in [-0.2, 0) is 4.74 Å². The summed E-state index contributed by atoms with van der Waals surface area (Å²) in [6.45, 7) is 2.06. The van der Waals surface area contributed by atoms with E-state index in [1.165, 1.54) is 0 Å². The standard InChI is InChI=1S/C6H13OS/c1-6(7-2)4-3-5-8/h6H,3-5H2,1-2H3. The summed E-state index contributed by atoms with van der Waals surface area (Å²) < 4.78 is 5.01. The van der Waals surface area contributed by atoms with E-state index in [9.17, 15) is 0 Å². The lowest BCUT2D eigenvalue weighted by Gasteiger charge is -2.05. The van der Waals surface area contributed by atoms with Crippen molar-refractivity contribution in [1.29, 1.82) is 0 Å². The van der Waals surface area contributed by atoms with Gasteiger partial charge in [0, 0.05) is 12.9 Å². The van der Waals surface area contributed by atoms with Gasteiger partial charge in [-0.3, -0.25) is 0 Å². The lowest BCUT2D eigenvalue weighted by atomic mass is 10.2. The Hall–Kier alpha value is 0.310. The van der Waals surface area contributed by atoms with E-state index in [2.05, 4.69) is 6.92 Å². The molecule has 0 heterocycles. The van der Waals surface area contributed by atoms with Crippen LogP contribution in [0, 0.1) is 0 Å². The second-order valence-corrected chi connectivity index (χ2v) is 2.30. The average Bonchev–Trinajstić information content (AvgIpc) is 1.83. The van der Waals surface area contributed by atoms with Gasteiger partial charge in [0.1, 0.15) is 0 Å². The van der Waals surface area contributed by atoms with Gasteiger partial charge in [0.15, 0.2) is 0 Å². The Balaban J connectivity index is 2.86. The highest BCUT2D eigenvalue weighted by atomic mass is 32.1. The summed E-state index contributed by atoms with van der Waals surface area (Å²) >= 11 is 4.76. The van der Waals surface area contributed by atoms with Crippen LogP contribution in [0.3, 0.4) is 0 Å². The molecule has 0 spiro atoms. The predicted octanol–water partition coefficient (Wildman–Crippen LogP) is 2.00. The van der Waals surface area contributed by atoms with Crippen LogP contribution in [0.2, 0.25) is 0 Å². The fraction of sp³-hybridized carbons (Fsp3) is 1.00. The molecular weight excluding hydrogens is 120 g/mol. The lowest BCUT2D eigenvalue weighted by Crippen LogP contribution is -2.03. The first-order chi connectivity index (χ1) is 3.81. The minimum Gasteiger partial charge on any atom is -0.382 e. The Labute approximate surface area is 56.8 Å². The van der Waals surface area contributed by atoms with E-state index in [1.807, 2.05) is 0 Å². The summed E-state index contributed by atoms with van der Waals surface area (Å²) in [6, 6.07) is 0. The van der Waals surface area contributed by atoms with Crippen LogP contribution in [-0.4, -0.2) is 19.0 Å². The highest BCUT2D eigenvalue weighted by Crippen LogP contribution is 1.99. The van der Waals surface area contributed by atoms with Gasteiger partial charge in [0.05, 0.1) is 6.10 Å². The smallest absolute Gasteiger partial charge is 0.0543 e. The molecule has 0 N–H and O–H groups in total. The van der Waals surface area contributed by atoms with Crippen molar-refractivity contribution < 1.29 is 4.74 Å². The van der Waals surface area contributed by atoms with E-state index < -0.39 is 0 Å². The van der Waals surface area contributed by atoms with Gasteiger partial charge in [-0.1, -0.05) is 12.6 Å². The third-order valence-electron chi connectivity index (χ3n) is 1.16. The molecule has 1 atom stereocenters. The fourth-order valence-electron chi connectivity index (χ4n) is 0.489. The van der Waals surface area contributed by atoms with Gasteiger partial charge in [-0.05, 0) is 19.8 Å². The first-order valence-electron chi connectivity index (χ1n) is 2.92. The molecule has 0 aliphatic carbocycles. The Morgan fingerprint density at radius 2 is 2.25 bits per heavy atom. The first kappa shape index (κ1) is 8.31. The molecule has 0 aliphatic rings. The Morgan fingerprint density at radius 3 is 2.62 bits per heavy atom. The molecule has 2 heteroatoms. The van der Waals surface area contributed by atoms with Crippen molar-refractivity contribution in [3.05, 3.63) is 0 Å². The fourth-order valence-corrected chi connectivity index (χ4v) is 0.655. The summed E-state index contributed by atoms with van der Waals surface area (Å²) in [5.41, 5.74) is 0. The minimum atomic E-state index is 0.387. The third kappa shape index (κ3) is 4.47. The topological polar surface area (TPSA) is 9.23 Å². The van der Waals surface area contributed by atoms with Crippen molar-refractivity contribution in [3.8, 4) is 0 Å². The molecular formula is C6H13OS. The Kier molecular flexibility index (Phi) is 5.66. The maximum atomic E-state index is 5.01. The quantitative estimate of drug-likeness (QED) is 0.570. The summed E-state index contributed by atoms with van der Waals surface area (Å²) in [7, 11) is 1.73. The highest BCUT2D eigenvalue weighted by Gasteiger charge is 1.95. The van der Waals surface area contributed by atoms with Crippen molar-refractivity contribution >= 4 is 12.6 Å². The molecule has 8 heavy (non-hydrogen) atoms. The third-order valence-corrected chi connectivity index (χ3v) is 1.45. The van der Waals surface area contributed by atoms with Crippen LogP contribution in [0.15, 0.2) is 0 Å². The Morgan fingerprint density at radius 1 is 1.62 bits per heavy atom. The molecule has 0 bridgehead atoms. The monoisotopic (exact) mass is 133 g/mol. The van der Waals surface area contributed by atoms with Crippen LogP contribution in [0.1, 0.15) is 19.8 Å². The van der Waals surface area contributed by atoms with Gasteiger partial charge in [-0.15, -0.1) is 0 Å². The van der Waals surface area contributed by atoms with Crippen molar-refractivity contribution in [2.75, 3.05) is 12.9 Å². The summed E-state index contributed by atoms with van der Waals surface area (Å²) in [5.74, 6) is 0.855. The first-order valence-corrected chi connectivity index (χ1v) is 3.50. The van der Waals surface area contributed by atoms with E-state index >= 15 is 0 Å². The second kappa shape index (κ2) is 5.45. The lowest BCUT2D eigenvalue weighted by molar-refractivity contribution is 0.110. The van der Waals surface area contributed by atoms with Gasteiger partial charge in [-0.25, -0.2) is 0 Å². The van der Waals surface area contributed by atoms with E-state index in [-0.39, 0.29) is 0 Å². The number of ether oxygens (including phenoxy) is 1. The zero-order valence-electron chi connectivity index (χ0n) is 5.52. The maximum absolute atomic E-state index is 5.01. The second-order valence-electron chi connectivity index (χ2n) is 1.89. The van der Waals surface area contributed by atoms with Gasteiger partial charge < -0.3 is 4.74 Å². The van der Waals surface area contributed by atoms with Crippen LogP contribution in [0.5, 0.6) is 0 Å². The number of hydrogen-bond donors (Lipinski definition) is 0. The minimum absolute atomic E-state index is 0.387. The van der Waals surface area contributed by atoms with Crippen LogP contribution in [0.4, 0.5) is 0 Å². The molecule has 0 aliphatic heterocycles. The normalized spacial score (nSPS) is 13.9. The summed E-state index contributed by atoms with van der Waals surface area (Å²) in [4.78, 5) is 0. The molecule has 1 nitrogen and oxygen atoms in total. The molecule has 0 aromatic rings. The zero-order valence-corrected chi connectivity index (χ0v) is 6.33. The van der Waals surface area contributed by atoms with Crippen molar-refractivity contribution in [2.24, 2.45) is 0 Å². The maximum Gasteiger partial charge on any atom is 0.0543 e. The molecule has 1 radical (unpaired) electrons. The van der Waals surface area contributed by atoms with Crippen LogP contribution >= 0.6 is 12.6 Å². The SMILES string of the molecule is COC(C)CCC[S]. The van der Waals surface area contributed by atoms with E-state index in [1.54, 1.807) is 7.11 Å². The molecule has 49 valence electrons. The van der Waals surface area contributed by atoms with Gasteiger partial charge in [0.2, 0.25) is 0 Å². The molecule has 0 rings (SSSR count). The molecule has 0 fully saturated rings. The predicted molar refractivity (Wildman–Crippen MR) is 38.2 cm³/mol. The molecule has 0 saturated carbocycles. The van der Waals surface area contributed by atoms with Gasteiger partial charge >= 0.3 is 0 Å². The number of methoxy groups -OCH3 is 1. The largest absolute Gasteiger partial charge is 0.382 e. The average molecular weight is 133 g/mol. The van der Waals surface area contributed by atoms with E-state index in [4.69, 9.17) is 17.4 Å². The van der Waals surface area contributed by atoms with Crippen LogP contribution < -0.4 is 0 Å². The van der Waals surface area contributed by atoms with Gasteiger partial charge in [-0.2, -0.15) is 0 Å². The van der Waals surface area contributed by atoms with Crippen LogP contribution in [0.25, 0.3) is 0 Å². The van der Waals surface area contributed by atoms with Crippen molar-refractivity contribution in [3.63, 3.8) is 0 Å². The molecule has 0 amide bonds. The zero-order chi connectivity index (χ0) is 6.41. The van der Waals surface area contributed by atoms with Gasteiger partial charge in [0.25, 0.3) is 0 Å². The highest BCUT2D eigenvalue weighted by molar-refractivity contribution is 7.80. The van der Waals surface area contributed by atoms with Crippen molar-refractivity contribution in [2.45, 2.75) is 25.9 Å². The summed E-state index contributed by atoms with van der Waals surface area (Å²) in [5, 5.41) is 0.